The molecule has 3 aliphatic carbocycles. The standard InChI is InChI=1S/C54H63ClF4N8O5/c1-49(2,3)27-40-53(30-62-37-26-39(54(57,58)59)61-28-35(37)53)42(34-5-4-6-36(55)43(34)56)44(45(60)69)67(40)52-14-11-51(12-15-52,13-16-52)48(72)65-23-19-50(20-24-65)17-21-64(22-18-50)32-7-8-33-31(25-32)29-66(47(33)71)38-9-10-41(68)63-46(38)70/h4-8,25-26,28,38,40,42,44,62H,9-24,27,29-30H2,1-3H3,(H2,60,69)(H,63,68,70)/t38?,40-,42-,44+,51?,52?,53-/m0/s1. The molecule has 4 N–H and O–H groups in total. The summed E-state index contributed by atoms with van der Waals surface area (Å²) < 4.78 is 59.0. The number of likely N-dealkylation sites (tertiary alicyclic amines) is 2. The molecule has 4 saturated heterocycles. The molecular weight excluding hydrogens is 952 g/mol. The molecule has 6 aliphatic heterocycles. The molecule has 2 bridgehead atoms. The number of fused-ring (bicyclic) bond motifs is 6. The van der Waals surface area contributed by atoms with Crippen LogP contribution in [0.1, 0.15) is 143 Å². The van der Waals surface area contributed by atoms with Gasteiger partial charge in [0.15, 0.2) is 0 Å². The second kappa shape index (κ2) is 17.1. The number of alkyl halides is 3. The number of piperidine rings is 3. The summed E-state index contributed by atoms with van der Waals surface area (Å²) in [5.41, 5.74) is 6.39. The minimum atomic E-state index is -4.70. The fourth-order valence-electron chi connectivity index (χ4n) is 15.0. The summed E-state index contributed by atoms with van der Waals surface area (Å²) in [6.07, 6.45) is 5.03. The first-order valence-electron chi connectivity index (χ1n) is 25.7. The van der Waals surface area contributed by atoms with Crippen molar-refractivity contribution >= 4 is 52.5 Å². The van der Waals surface area contributed by atoms with Gasteiger partial charge in [-0.15, -0.1) is 0 Å². The smallest absolute Gasteiger partial charge is 0.384 e. The number of rotatable bonds is 7. The average Bonchev–Trinajstić information content (AvgIpc) is 3.99. The number of pyridine rings is 1. The monoisotopic (exact) mass is 1010 g/mol. The zero-order valence-electron chi connectivity index (χ0n) is 41.1. The van der Waals surface area contributed by atoms with Crippen molar-refractivity contribution in [2.45, 2.75) is 152 Å². The van der Waals surface area contributed by atoms with Gasteiger partial charge < -0.3 is 25.8 Å². The quantitative estimate of drug-likeness (QED) is 0.157. The van der Waals surface area contributed by atoms with Crippen LogP contribution in [-0.2, 0) is 37.3 Å². The number of carbonyl (C=O) groups is 5. The maximum atomic E-state index is 16.6. The number of imide groups is 1. The highest BCUT2D eigenvalue weighted by Crippen LogP contribution is 2.66. The van der Waals surface area contributed by atoms with Crippen LogP contribution in [0.2, 0.25) is 5.02 Å². The first-order valence-corrected chi connectivity index (χ1v) is 26.1. The van der Waals surface area contributed by atoms with Crippen LogP contribution in [0.15, 0.2) is 48.7 Å². The number of hydrogen-bond donors (Lipinski definition) is 3. The van der Waals surface area contributed by atoms with Gasteiger partial charge in [-0.25, -0.2) is 4.39 Å². The number of benzene rings is 2. The first-order chi connectivity index (χ1) is 34.1. The van der Waals surface area contributed by atoms with Gasteiger partial charge in [-0.05, 0) is 129 Å². The second-order valence-electron chi connectivity index (χ2n) is 23.7. The summed E-state index contributed by atoms with van der Waals surface area (Å²) in [5, 5.41) is 5.51. The molecule has 5 atom stereocenters. The van der Waals surface area contributed by atoms with E-state index in [9.17, 15) is 37.1 Å². The molecule has 5 amide bonds. The Kier molecular flexibility index (Phi) is 11.7. The summed E-state index contributed by atoms with van der Waals surface area (Å²) in [6, 6.07) is 9.42. The van der Waals surface area contributed by atoms with Crippen molar-refractivity contribution < 1.29 is 41.5 Å². The lowest BCUT2D eigenvalue weighted by molar-refractivity contribution is -0.160. The zero-order chi connectivity index (χ0) is 50.9. The number of primary amides is 1. The molecule has 3 aromatic rings. The fourth-order valence-corrected chi connectivity index (χ4v) is 15.2. The lowest BCUT2D eigenvalue weighted by Crippen LogP contribution is -2.66. The molecule has 13 nitrogen and oxygen atoms in total. The van der Waals surface area contributed by atoms with Crippen molar-refractivity contribution in [2.24, 2.45) is 22.0 Å². The summed E-state index contributed by atoms with van der Waals surface area (Å²) in [4.78, 5) is 79.1. The van der Waals surface area contributed by atoms with E-state index >= 15 is 4.39 Å². The SMILES string of the molecule is CC(C)(C)C[C@@H]1N(C23CCC(C(=O)N4CCC5(CC4)CCN(c4ccc6c(c4)CN(C4CCC(=O)NC4=O)C6=O)CC5)(CC2)CC3)[C@@H](C(N)=O)[C@H](c2cccc(Cl)c2F)[C@]12CNc1cc(C(F)(F)F)ncc12. The maximum absolute atomic E-state index is 16.6. The van der Waals surface area contributed by atoms with Crippen LogP contribution in [-0.4, -0.2) is 106 Å². The molecule has 9 aliphatic rings. The Bertz CT molecular complexity index is 2740. The Morgan fingerprint density at radius 2 is 1.58 bits per heavy atom. The molecule has 2 aromatic carbocycles. The van der Waals surface area contributed by atoms with Gasteiger partial charge in [0, 0.05) is 103 Å². The number of anilines is 2. The molecule has 12 rings (SSSR count). The van der Waals surface area contributed by atoms with E-state index in [1.807, 2.05) is 12.1 Å². The number of hydrogen-bond acceptors (Lipinski definition) is 9. The van der Waals surface area contributed by atoms with Gasteiger partial charge in [0.1, 0.15) is 17.6 Å². The first kappa shape index (κ1) is 48.9. The van der Waals surface area contributed by atoms with Crippen LogP contribution in [0, 0.1) is 22.1 Å². The topological polar surface area (TPSA) is 161 Å². The van der Waals surface area contributed by atoms with Gasteiger partial charge in [-0.2, -0.15) is 13.2 Å². The third kappa shape index (κ3) is 7.78. The predicted molar refractivity (Wildman–Crippen MR) is 261 cm³/mol. The van der Waals surface area contributed by atoms with E-state index in [2.05, 4.69) is 57.2 Å². The van der Waals surface area contributed by atoms with Crippen molar-refractivity contribution in [2.75, 3.05) is 42.9 Å². The van der Waals surface area contributed by atoms with Gasteiger partial charge in [-0.3, -0.25) is 39.2 Å². The number of nitrogens with one attached hydrogen (secondary N) is 2. The van der Waals surface area contributed by atoms with E-state index in [0.717, 1.165) is 56.1 Å². The fraction of sp³-hybridized carbons (Fsp3) is 0.593. The van der Waals surface area contributed by atoms with Crippen molar-refractivity contribution in [3.63, 3.8) is 0 Å². The zero-order valence-corrected chi connectivity index (χ0v) is 41.9. The van der Waals surface area contributed by atoms with Gasteiger partial charge in [-0.1, -0.05) is 44.5 Å². The molecule has 1 unspecified atom stereocenters. The molecule has 0 radical (unpaired) electrons. The van der Waals surface area contributed by atoms with Gasteiger partial charge in [0.2, 0.25) is 23.6 Å². The van der Waals surface area contributed by atoms with Gasteiger partial charge in [0.05, 0.1) is 11.1 Å². The molecule has 18 heteroatoms. The molecular formula is C54H63ClF4N8O5. The van der Waals surface area contributed by atoms with Gasteiger partial charge >= 0.3 is 6.18 Å². The second-order valence-corrected chi connectivity index (χ2v) is 24.1. The van der Waals surface area contributed by atoms with Crippen molar-refractivity contribution in [1.29, 1.82) is 0 Å². The number of amides is 5. The third-order valence-corrected chi connectivity index (χ3v) is 19.1. The van der Waals surface area contributed by atoms with Crippen LogP contribution >= 0.6 is 11.6 Å². The highest BCUT2D eigenvalue weighted by atomic mass is 35.5. The molecule has 3 saturated carbocycles. The van der Waals surface area contributed by atoms with E-state index in [1.165, 1.54) is 12.3 Å². The predicted octanol–water partition coefficient (Wildman–Crippen LogP) is 8.08. The number of aromatic nitrogens is 1. The highest BCUT2D eigenvalue weighted by Gasteiger charge is 2.70. The number of carbonyl (C=O) groups excluding carboxylic acids is 5. The summed E-state index contributed by atoms with van der Waals surface area (Å²) in [5.74, 6) is -3.00. The Balaban J connectivity index is 0.800. The molecule has 1 aromatic heterocycles. The Labute approximate surface area is 421 Å². The number of nitrogens with zero attached hydrogens (tertiary/aromatic N) is 5. The molecule has 7 fully saturated rings. The van der Waals surface area contributed by atoms with Crippen molar-refractivity contribution in [1.82, 2.24) is 25.0 Å². The Morgan fingerprint density at radius 1 is 0.903 bits per heavy atom. The van der Waals surface area contributed by atoms with Crippen LogP contribution in [0.5, 0.6) is 0 Å². The molecule has 7 heterocycles. The molecule has 72 heavy (non-hydrogen) atoms. The van der Waals surface area contributed by atoms with Crippen LogP contribution in [0.3, 0.4) is 0 Å². The van der Waals surface area contributed by atoms with E-state index in [4.69, 9.17) is 17.3 Å². The number of halogens is 5. The summed E-state index contributed by atoms with van der Waals surface area (Å²) in [6.45, 7) is 9.78. The highest BCUT2D eigenvalue weighted by molar-refractivity contribution is 6.30. The largest absolute Gasteiger partial charge is 0.433 e. The molecule has 2 spiro atoms. The van der Waals surface area contributed by atoms with Crippen LogP contribution < -0.4 is 21.3 Å². The minimum Gasteiger partial charge on any atom is -0.384 e. The Hall–Kier alpha value is -5.29. The van der Waals surface area contributed by atoms with Gasteiger partial charge in [0.25, 0.3) is 5.91 Å². The summed E-state index contributed by atoms with van der Waals surface area (Å²) in [7, 11) is 0. The lowest BCUT2D eigenvalue weighted by Gasteiger charge is -2.60. The third-order valence-electron chi connectivity index (χ3n) is 18.8. The van der Waals surface area contributed by atoms with Crippen LogP contribution in [0.25, 0.3) is 0 Å². The minimum absolute atomic E-state index is 0.114. The Morgan fingerprint density at radius 3 is 2.22 bits per heavy atom. The van der Waals surface area contributed by atoms with E-state index in [1.54, 1.807) is 17.0 Å². The van der Waals surface area contributed by atoms with E-state index in [-0.39, 0.29) is 57.8 Å². The van der Waals surface area contributed by atoms with Crippen molar-refractivity contribution in [3.05, 3.63) is 87.4 Å². The molecule has 384 valence electrons. The number of nitrogens with two attached hydrogens (primary N) is 1. The average molecular weight is 1020 g/mol. The van der Waals surface area contributed by atoms with E-state index < -0.39 is 69.9 Å². The summed E-state index contributed by atoms with van der Waals surface area (Å²) >= 11 is 6.48. The van der Waals surface area contributed by atoms with Crippen LogP contribution in [0.4, 0.5) is 28.9 Å². The lowest BCUT2D eigenvalue weighted by atomic mass is 9.55. The normalized spacial score (nSPS) is 31.3. The van der Waals surface area contributed by atoms with E-state index in [0.29, 0.717) is 82.1 Å². The van der Waals surface area contributed by atoms with Crippen molar-refractivity contribution in [3.8, 4) is 0 Å². The maximum Gasteiger partial charge on any atom is 0.433 e.